The van der Waals surface area contributed by atoms with Gasteiger partial charge in [-0.2, -0.15) is 5.01 Å². The molecule has 2 aliphatic heterocycles. The van der Waals surface area contributed by atoms with Crippen LogP contribution >= 0.6 is 0 Å². The highest BCUT2D eigenvalue weighted by molar-refractivity contribution is 5.92. The Kier molecular flexibility index (Phi) is 9.58. The maximum Gasteiger partial charge on any atom is 0.332 e. The van der Waals surface area contributed by atoms with Gasteiger partial charge in [-0.25, -0.2) is 4.79 Å². The molecule has 0 unspecified atom stereocenters. The number of hydrazine groups is 1. The SMILES string of the molecule is CCCN(C(=O)NCc1ccc(OC)cc1)N1CC(=O)N2[C@@H](Cc3ccc(NC)cc3)C(=O)N(Cc3cccc4ccccc34)C[C@@H]21. The standard InChI is InChI=1S/C37H42N6O4/c1-4-20-41(37(46)39-22-27-14-18-31(47-3)19-15-27)42-25-35(44)43-33(21-26-12-16-30(38-2)17-13-26)36(45)40(24-34(42)43)23-29-10-7-9-28-8-5-6-11-32(28)29/h5-19,33-34,38H,4,20-25H2,1-3H3,(H,39,46)/t33-,34+/m0/s1. The molecule has 2 saturated heterocycles. The Morgan fingerprint density at radius 3 is 2.38 bits per heavy atom. The minimum atomic E-state index is -0.701. The lowest BCUT2D eigenvalue weighted by molar-refractivity contribution is -0.157. The molecule has 0 saturated carbocycles. The van der Waals surface area contributed by atoms with Crippen LogP contribution in [0.2, 0.25) is 0 Å². The predicted molar refractivity (Wildman–Crippen MR) is 182 cm³/mol. The number of anilines is 1. The van der Waals surface area contributed by atoms with Gasteiger partial charge < -0.3 is 25.2 Å². The summed E-state index contributed by atoms with van der Waals surface area (Å²) in [5.41, 5.74) is 3.91. The van der Waals surface area contributed by atoms with Gasteiger partial charge in [0.1, 0.15) is 18.0 Å². The average molecular weight is 635 g/mol. The van der Waals surface area contributed by atoms with Gasteiger partial charge in [0, 0.05) is 38.8 Å². The Balaban J connectivity index is 1.29. The normalized spacial score (nSPS) is 17.9. The van der Waals surface area contributed by atoms with Gasteiger partial charge in [-0.05, 0) is 58.1 Å². The topological polar surface area (TPSA) is 97.5 Å². The summed E-state index contributed by atoms with van der Waals surface area (Å²) in [4.78, 5) is 45.5. The molecule has 47 heavy (non-hydrogen) atoms. The minimum absolute atomic E-state index is 0.0191. The average Bonchev–Trinajstić information content (AvgIpc) is 3.43. The van der Waals surface area contributed by atoms with Gasteiger partial charge in [0.2, 0.25) is 11.8 Å². The summed E-state index contributed by atoms with van der Waals surface area (Å²) in [7, 11) is 3.48. The third kappa shape index (κ3) is 6.73. The first-order valence-electron chi connectivity index (χ1n) is 16.2. The van der Waals surface area contributed by atoms with E-state index in [-0.39, 0.29) is 30.9 Å². The van der Waals surface area contributed by atoms with Gasteiger partial charge in [-0.15, -0.1) is 0 Å². The van der Waals surface area contributed by atoms with Gasteiger partial charge in [0.05, 0.1) is 20.2 Å². The highest BCUT2D eigenvalue weighted by Gasteiger charge is 2.52. The van der Waals surface area contributed by atoms with Crippen LogP contribution < -0.4 is 15.4 Å². The van der Waals surface area contributed by atoms with Crippen molar-refractivity contribution in [2.24, 2.45) is 0 Å². The Bertz CT molecular complexity index is 1720. The zero-order chi connectivity index (χ0) is 32.9. The van der Waals surface area contributed by atoms with Gasteiger partial charge in [0.15, 0.2) is 0 Å². The number of fused-ring (bicyclic) bond motifs is 2. The lowest BCUT2D eigenvalue weighted by Crippen LogP contribution is -2.66. The molecule has 6 rings (SSSR count). The Labute approximate surface area is 275 Å². The van der Waals surface area contributed by atoms with Crippen molar-refractivity contribution in [3.05, 3.63) is 108 Å². The molecule has 0 aliphatic carbocycles. The number of hydrogen-bond donors (Lipinski definition) is 2. The van der Waals surface area contributed by atoms with Crippen LogP contribution in [0, 0.1) is 0 Å². The molecular formula is C37H42N6O4. The quantitative estimate of drug-likeness (QED) is 0.245. The number of ether oxygens (including phenoxy) is 1. The zero-order valence-corrected chi connectivity index (χ0v) is 27.2. The van der Waals surface area contributed by atoms with Crippen molar-refractivity contribution < 1.29 is 19.1 Å². The number of benzene rings is 4. The first-order chi connectivity index (χ1) is 22.9. The van der Waals surface area contributed by atoms with Gasteiger partial charge >= 0.3 is 6.03 Å². The summed E-state index contributed by atoms with van der Waals surface area (Å²) in [6.07, 6.45) is 0.588. The molecule has 10 nitrogen and oxygen atoms in total. The molecule has 4 amide bonds. The second-order valence-corrected chi connectivity index (χ2v) is 12.0. The van der Waals surface area contributed by atoms with Gasteiger partial charge in [-0.3, -0.25) is 14.6 Å². The molecule has 2 atom stereocenters. The van der Waals surface area contributed by atoms with Crippen LogP contribution in [0.1, 0.15) is 30.0 Å². The van der Waals surface area contributed by atoms with E-state index < -0.39 is 12.2 Å². The maximum absolute atomic E-state index is 14.3. The summed E-state index contributed by atoms with van der Waals surface area (Å²) < 4.78 is 5.25. The fourth-order valence-corrected chi connectivity index (χ4v) is 6.63. The van der Waals surface area contributed by atoms with Crippen molar-refractivity contribution in [2.75, 3.05) is 39.1 Å². The number of nitrogens with zero attached hydrogens (tertiary/aromatic N) is 4. The van der Waals surface area contributed by atoms with Crippen LogP contribution in [-0.4, -0.2) is 83.7 Å². The number of hydrogen-bond acceptors (Lipinski definition) is 6. The Morgan fingerprint density at radius 1 is 0.936 bits per heavy atom. The van der Waals surface area contributed by atoms with Crippen LogP contribution in [0.4, 0.5) is 10.5 Å². The van der Waals surface area contributed by atoms with Crippen molar-refractivity contribution in [3.8, 4) is 5.75 Å². The highest BCUT2D eigenvalue weighted by Crippen LogP contribution is 2.31. The number of amides is 4. The molecule has 244 valence electrons. The molecule has 2 N–H and O–H groups in total. The zero-order valence-electron chi connectivity index (χ0n) is 27.2. The molecule has 2 fully saturated rings. The molecule has 0 aromatic heterocycles. The van der Waals surface area contributed by atoms with Crippen LogP contribution in [0.5, 0.6) is 5.75 Å². The first kappa shape index (κ1) is 31.9. The second kappa shape index (κ2) is 14.1. The monoisotopic (exact) mass is 634 g/mol. The number of urea groups is 1. The van der Waals surface area contributed by atoms with E-state index in [4.69, 9.17) is 4.74 Å². The molecular weight excluding hydrogens is 592 g/mol. The summed E-state index contributed by atoms with van der Waals surface area (Å²) >= 11 is 0. The van der Waals surface area contributed by atoms with Crippen molar-refractivity contribution >= 4 is 34.3 Å². The van der Waals surface area contributed by atoms with Crippen LogP contribution in [-0.2, 0) is 29.1 Å². The molecule has 2 heterocycles. The maximum atomic E-state index is 14.3. The number of carbonyl (C=O) groups excluding carboxylic acids is 3. The summed E-state index contributed by atoms with van der Waals surface area (Å²) in [5, 5.41) is 11.9. The van der Waals surface area contributed by atoms with E-state index in [0.29, 0.717) is 32.5 Å². The molecule has 0 spiro atoms. The lowest BCUT2D eigenvalue weighted by Gasteiger charge is -2.46. The number of rotatable bonds is 11. The van der Waals surface area contributed by atoms with Crippen LogP contribution in [0.15, 0.2) is 91.0 Å². The minimum Gasteiger partial charge on any atom is -0.497 e. The first-order valence-corrected chi connectivity index (χ1v) is 16.2. The predicted octanol–water partition coefficient (Wildman–Crippen LogP) is 4.85. The van der Waals surface area contributed by atoms with E-state index in [9.17, 15) is 14.4 Å². The largest absolute Gasteiger partial charge is 0.497 e. The highest BCUT2D eigenvalue weighted by atomic mass is 16.5. The van der Waals surface area contributed by atoms with E-state index in [1.807, 2.05) is 90.6 Å². The fraction of sp³-hybridized carbons (Fsp3) is 0.324. The van der Waals surface area contributed by atoms with Gasteiger partial charge in [0.25, 0.3) is 0 Å². The third-order valence-electron chi connectivity index (χ3n) is 9.06. The molecule has 2 aliphatic rings. The van der Waals surface area contributed by atoms with Crippen LogP contribution in [0.25, 0.3) is 10.8 Å². The molecule has 0 radical (unpaired) electrons. The number of carbonyl (C=O) groups is 3. The molecule has 0 bridgehead atoms. The Morgan fingerprint density at radius 2 is 1.66 bits per heavy atom. The summed E-state index contributed by atoms with van der Waals surface area (Å²) in [5.74, 6) is 0.498. The fourth-order valence-electron chi connectivity index (χ4n) is 6.63. The van der Waals surface area contributed by atoms with E-state index in [1.165, 1.54) is 0 Å². The number of nitrogens with one attached hydrogen (secondary N) is 2. The number of methoxy groups -OCH3 is 1. The lowest BCUT2D eigenvalue weighted by atomic mass is 9.98. The van der Waals surface area contributed by atoms with Crippen molar-refractivity contribution in [2.45, 2.75) is 45.1 Å². The second-order valence-electron chi connectivity index (χ2n) is 12.0. The van der Waals surface area contributed by atoms with Crippen LogP contribution in [0.3, 0.4) is 0 Å². The smallest absolute Gasteiger partial charge is 0.332 e. The molecule has 4 aromatic carbocycles. The number of piperazine rings is 1. The molecule has 4 aromatic rings. The molecule has 10 heteroatoms. The van der Waals surface area contributed by atoms with Crippen molar-refractivity contribution in [1.29, 1.82) is 0 Å². The van der Waals surface area contributed by atoms with Gasteiger partial charge in [-0.1, -0.05) is 73.7 Å². The van der Waals surface area contributed by atoms with Crippen molar-refractivity contribution in [3.63, 3.8) is 0 Å². The Hall–Kier alpha value is -5.09. The van der Waals surface area contributed by atoms with E-state index >= 15 is 0 Å². The third-order valence-corrected chi connectivity index (χ3v) is 9.06. The van der Waals surface area contributed by atoms with E-state index in [2.05, 4.69) is 34.9 Å². The summed E-state index contributed by atoms with van der Waals surface area (Å²) in [6, 6.07) is 28.8. The van der Waals surface area contributed by atoms with E-state index in [1.54, 1.807) is 17.0 Å². The summed E-state index contributed by atoms with van der Waals surface area (Å²) in [6.45, 7) is 3.48. The van der Waals surface area contributed by atoms with E-state index in [0.717, 1.165) is 38.9 Å². The van der Waals surface area contributed by atoms with Crippen molar-refractivity contribution in [1.82, 2.24) is 25.1 Å².